The van der Waals surface area contributed by atoms with Crippen LogP contribution in [0.1, 0.15) is 59.7 Å². The number of carbonyl (C=O) groups is 1. The molecule has 3 aromatic rings. The number of amides is 1. The highest BCUT2D eigenvalue weighted by molar-refractivity contribution is 5.98. The number of anilines is 1. The van der Waals surface area contributed by atoms with Crippen molar-refractivity contribution < 1.29 is 18.0 Å². The molecule has 2 aliphatic rings. The summed E-state index contributed by atoms with van der Waals surface area (Å²) in [6.45, 7) is 0.348. The van der Waals surface area contributed by atoms with Crippen molar-refractivity contribution in [1.29, 1.82) is 0 Å². The number of nitrogens with one attached hydrogen (secondary N) is 1. The average Bonchev–Trinajstić information content (AvgIpc) is 3.72. The second-order valence-corrected chi connectivity index (χ2v) is 9.73. The Morgan fingerprint density at radius 2 is 1.75 bits per heavy atom. The summed E-state index contributed by atoms with van der Waals surface area (Å²) in [5.74, 6) is -0.0521. The van der Waals surface area contributed by atoms with E-state index >= 15 is 0 Å². The van der Waals surface area contributed by atoms with Gasteiger partial charge in [-0.1, -0.05) is 42.5 Å². The van der Waals surface area contributed by atoms with Crippen molar-refractivity contribution in [2.45, 2.75) is 63.2 Å². The molecular weight excluding hydrogens is 463 g/mol. The van der Waals surface area contributed by atoms with Crippen LogP contribution in [-0.2, 0) is 30.2 Å². The molecular formula is C29H30F3N3O. The van der Waals surface area contributed by atoms with Crippen molar-refractivity contribution in [3.05, 3.63) is 94.8 Å². The zero-order chi connectivity index (χ0) is 25.1. The predicted octanol–water partition coefficient (Wildman–Crippen LogP) is 6.05. The first kappa shape index (κ1) is 24.5. The maximum absolute atomic E-state index is 14.1. The van der Waals surface area contributed by atoms with Gasteiger partial charge in [0, 0.05) is 24.5 Å². The highest BCUT2D eigenvalue weighted by atomic mass is 19.4. The van der Waals surface area contributed by atoms with Crippen molar-refractivity contribution in [1.82, 2.24) is 10.3 Å². The number of pyridine rings is 1. The van der Waals surface area contributed by atoms with E-state index in [1.54, 1.807) is 4.90 Å². The molecule has 0 aliphatic heterocycles. The van der Waals surface area contributed by atoms with Gasteiger partial charge < -0.3 is 4.90 Å². The van der Waals surface area contributed by atoms with E-state index < -0.39 is 17.9 Å². The molecule has 0 unspecified atom stereocenters. The molecule has 2 aromatic carbocycles. The van der Waals surface area contributed by atoms with E-state index in [4.69, 9.17) is 0 Å². The Hall–Kier alpha value is -3.19. The first-order valence-electron chi connectivity index (χ1n) is 12.6. The summed E-state index contributed by atoms with van der Waals surface area (Å²) in [4.78, 5) is 19.5. The summed E-state index contributed by atoms with van der Waals surface area (Å²) in [6, 6.07) is 18.3. The fraction of sp³-hybridized carbons (Fsp3) is 0.379. The van der Waals surface area contributed by atoms with Crippen molar-refractivity contribution >= 4 is 11.6 Å². The number of hydrogen-bond donors (Lipinski definition) is 1. The van der Waals surface area contributed by atoms with Gasteiger partial charge in [0.15, 0.2) is 0 Å². The highest BCUT2D eigenvalue weighted by Gasteiger charge is 2.34. The van der Waals surface area contributed by atoms with Crippen LogP contribution in [-0.4, -0.2) is 23.5 Å². The van der Waals surface area contributed by atoms with Gasteiger partial charge in [-0.2, -0.15) is 13.2 Å². The van der Waals surface area contributed by atoms with Crippen molar-refractivity contribution in [3.8, 4) is 0 Å². The minimum Gasteiger partial charge on any atom is -0.310 e. The summed E-state index contributed by atoms with van der Waals surface area (Å²) in [7, 11) is 0. The van der Waals surface area contributed by atoms with E-state index in [0.717, 1.165) is 49.4 Å². The van der Waals surface area contributed by atoms with Crippen molar-refractivity contribution in [2.24, 2.45) is 0 Å². The molecule has 0 saturated heterocycles. The fourth-order valence-corrected chi connectivity index (χ4v) is 4.83. The number of nitrogens with zero attached hydrogens (tertiary/aromatic N) is 2. The first-order valence-corrected chi connectivity index (χ1v) is 12.6. The lowest BCUT2D eigenvalue weighted by atomic mass is 9.91. The van der Waals surface area contributed by atoms with E-state index in [0.29, 0.717) is 24.6 Å². The fourth-order valence-electron chi connectivity index (χ4n) is 4.83. The minimum absolute atomic E-state index is 0.0521. The molecule has 4 nitrogen and oxygen atoms in total. The predicted molar refractivity (Wildman–Crippen MR) is 134 cm³/mol. The van der Waals surface area contributed by atoms with Crippen LogP contribution in [0.5, 0.6) is 0 Å². The Morgan fingerprint density at radius 3 is 2.42 bits per heavy atom. The van der Waals surface area contributed by atoms with Crippen LogP contribution in [0.3, 0.4) is 0 Å². The molecule has 1 atom stereocenters. The lowest BCUT2D eigenvalue weighted by molar-refractivity contribution is -0.141. The number of alkyl halides is 3. The molecule has 5 rings (SSSR count). The maximum Gasteiger partial charge on any atom is 0.433 e. The number of hydrogen-bond acceptors (Lipinski definition) is 3. The first-order chi connectivity index (χ1) is 17.4. The van der Waals surface area contributed by atoms with Gasteiger partial charge in [0.2, 0.25) is 5.91 Å². The Bertz CT molecular complexity index is 1190. The second kappa shape index (κ2) is 10.4. The smallest absolute Gasteiger partial charge is 0.310 e. The average molecular weight is 494 g/mol. The summed E-state index contributed by atoms with van der Waals surface area (Å²) >= 11 is 0. The van der Waals surface area contributed by atoms with Crippen molar-refractivity contribution in [3.63, 3.8) is 0 Å². The topological polar surface area (TPSA) is 45.2 Å². The van der Waals surface area contributed by atoms with E-state index in [2.05, 4.69) is 22.4 Å². The standard InChI is InChI=1S/C29H30F3N3O/c30-29(31,32)26-15-10-20(19-33-26)16-17-35(25-14-11-21-6-4-5-9-23(21)18-25)28(36)27(34-24-12-13-24)22-7-2-1-3-8-22/h1-3,7-8,10-11,14-15,18-19,24,27,34H,4-6,9,12-13,16-17H2/t27-/m0/s1. The van der Waals surface area contributed by atoms with E-state index in [1.165, 1.54) is 29.8 Å². The summed E-state index contributed by atoms with van der Waals surface area (Å²) in [6.07, 6.45) is 3.65. The van der Waals surface area contributed by atoms with Gasteiger partial charge in [0.05, 0.1) is 0 Å². The largest absolute Gasteiger partial charge is 0.433 e. The SMILES string of the molecule is O=C([C@@H](NC1CC1)c1ccccc1)N(CCc1ccc(C(F)(F)F)nc1)c1ccc2c(c1)CCCC2. The second-order valence-electron chi connectivity index (χ2n) is 9.73. The molecule has 1 N–H and O–H groups in total. The van der Waals surface area contributed by atoms with Crippen molar-refractivity contribution in [2.75, 3.05) is 11.4 Å². The van der Waals surface area contributed by atoms with E-state index in [-0.39, 0.29) is 5.91 Å². The summed E-state index contributed by atoms with van der Waals surface area (Å²) < 4.78 is 38.8. The highest BCUT2D eigenvalue weighted by Crippen LogP contribution is 2.31. The molecule has 1 heterocycles. The number of aromatic nitrogens is 1. The number of rotatable bonds is 8. The number of fused-ring (bicyclic) bond motifs is 1. The van der Waals surface area contributed by atoms with Crippen LogP contribution in [0.15, 0.2) is 66.9 Å². The Kier molecular flexibility index (Phi) is 7.10. The molecule has 1 aromatic heterocycles. The summed E-state index contributed by atoms with van der Waals surface area (Å²) in [5, 5.41) is 3.51. The number of aryl methyl sites for hydroxylation is 2. The number of carbonyl (C=O) groups excluding carboxylic acids is 1. The molecule has 7 heteroatoms. The normalized spacial score (nSPS) is 16.3. The van der Waals surface area contributed by atoms with E-state index in [9.17, 15) is 18.0 Å². The number of benzene rings is 2. The molecule has 0 spiro atoms. The van der Waals surface area contributed by atoms with Crippen LogP contribution in [0.25, 0.3) is 0 Å². The quantitative estimate of drug-likeness (QED) is 0.416. The van der Waals surface area contributed by atoms with Crippen LogP contribution >= 0.6 is 0 Å². The third-order valence-corrected chi connectivity index (χ3v) is 7.01. The molecule has 188 valence electrons. The Labute approximate surface area is 209 Å². The molecule has 1 saturated carbocycles. The van der Waals surface area contributed by atoms with Gasteiger partial charge in [-0.25, -0.2) is 0 Å². The molecule has 1 amide bonds. The summed E-state index contributed by atoms with van der Waals surface area (Å²) in [5.41, 5.74) is 4.10. The Balaban J connectivity index is 1.43. The third-order valence-electron chi connectivity index (χ3n) is 7.01. The monoisotopic (exact) mass is 493 g/mol. The van der Waals surface area contributed by atoms with Gasteiger partial charge in [0.25, 0.3) is 0 Å². The minimum atomic E-state index is -4.47. The lowest BCUT2D eigenvalue weighted by Gasteiger charge is -2.30. The van der Waals surface area contributed by atoms with Crippen LogP contribution in [0.2, 0.25) is 0 Å². The molecule has 36 heavy (non-hydrogen) atoms. The molecule has 1 fully saturated rings. The zero-order valence-corrected chi connectivity index (χ0v) is 20.1. The molecule has 0 radical (unpaired) electrons. The van der Waals surface area contributed by atoms with E-state index in [1.807, 2.05) is 36.4 Å². The molecule has 2 aliphatic carbocycles. The Morgan fingerprint density at radius 1 is 1.00 bits per heavy atom. The maximum atomic E-state index is 14.1. The molecule has 0 bridgehead atoms. The van der Waals surface area contributed by atoms with Gasteiger partial charge in [-0.3, -0.25) is 15.1 Å². The van der Waals surface area contributed by atoms with Crippen LogP contribution in [0.4, 0.5) is 18.9 Å². The van der Waals surface area contributed by atoms with Gasteiger partial charge in [-0.15, -0.1) is 0 Å². The van der Waals surface area contributed by atoms with Crippen LogP contribution < -0.4 is 10.2 Å². The zero-order valence-electron chi connectivity index (χ0n) is 20.1. The van der Waals surface area contributed by atoms with Gasteiger partial charge >= 0.3 is 6.18 Å². The number of halogens is 3. The third kappa shape index (κ3) is 5.78. The van der Waals surface area contributed by atoms with Gasteiger partial charge in [0.1, 0.15) is 11.7 Å². The van der Waals surface area contributed by atoms with Gasteiger partial charge in [-0.05, 0) is 85.4 Å². The van der Waals surface area contributed by atoms with Crippen LogP contribution in [0, 0.1) is 0 Å². The lowest BCUT2D eigenvalue weighted by Crippen LogP contribution is -2.43.